The van der Waals surface area contributed by atoms with Gasteiger partial charge in [0.05, 0.1) is 5.69 Å². The maximum Gasteiger partial charge on any atom is 0.328 e. The first kappa shape index (κ1) is 18.3. The lowest BCUT2D eigenvalue weighted by atomic mass is 10.1. The van der Waals surface area contributed by atoms with Crippen molar-refractivity contribution < 1.29 is 9.53 Å². The second kappa shape index (κ2) is 8.71. The van der Waals surface area contributed by atoms with Crippen molar-refractivity contribution in [1.82, 2.24) is 15.0 Å². The van der Waals surface area contributed by atoms with Gasteiger partial charge in [0.25, 0.3) is 0 Å². The van der Waals surface area contributed by atoms with Gasteiger partial charge in [-0.05, 0) is 28.5 Å². The molecule has 0 saturated heterocycles. The van der Waals surface area contributed by atoms with Crippen LogP contribution in [0.3, 0.4) is 0 Å². The van der Waals surface area contributed by atoms with Gasteiger partial charge in [-0.3, -0.25) is 4.79 Å². The zero-order valence-electron chi connectivity index (χ0n) is 15.2. The van der Waals surface area contributed by atoms with Gasteiger partial charge < -0.3 is 4.74 Å². The molecular weight excluding hydrogens is 370 g/mol. The van der Waals surface area contributed by atoms with Crippen LogP contribution in [0.5, 0.6) is 0 Å². The number of carbonyl (C=O) groups excluding carboxylic acids is 1. The molecule has 3 aromatic carbocycles. The number of ether oxygens (including phenoxy) is 1. The number of hydrogen-bond acceptors (Lipinski definition) is 5. The van der Waals surface area contributed by atoms with Crippen molar-refractivity contribution in [1.29, 1.82) is 0 Å². The lowest BCUT2D eigenvalue weighted by Crippen LogP contribution is -2.14. The van der Waals surface area contributed by atoms with Crippen molar-refractivity contribution >= 4 is 28.5 Å². The summed E-state index contributed by atoms with van der Waals surface area (Å²) < 4.78 is 6.80. The second-order valence-electron chi connectivity index (χ2n) is 6.35. The molecule has 4 aromatic rings. The molecule has 4 rings (SSSR count). The van der Waals surface area contributed by atoms with Crippen molar-refractivity contribution in [2.24, 2.45) is 0 Å². The number of fused-ring (bicyclic) bond motifs is 1. The van der Waals surface area contributed by atoms with Crippen LogP contribution >= 0.6 is 11.8 Å². The number of benzene rings is 3. The van der Waals surface area contributed by atoms with Gasteiger partial charge in [0.1, 0.15) is 13.2 Å². The van der Waals surface area contributed by atoms with E-state index in [9.17, 15) is 4.79 Å². The summed E-state index contributed by atoms with van der Waals surface area (Å²) in [4.78, 5) is 13.2. The van der Waals surface area contributed by atoms with Crippen molar-refractivity contribution in [2.45, 2.75) is 23.8 Å². The topological polar surface area (TPSA) is 57.0 Å². The Labute approximate surface area is 167 Å². The minimum atomic E-state index is -0.331. The highest BCUT2D eigenvalue weighted by atomic mass is 32.2. The van der Waals surface area contributed by atoms with E-state index >= 15 is 0 Å². The van der Waals surface area contributed by atoms with E-state index in [1.54, 1.807) is 18.0 Å². The van der Waals surface area contributed by atoms with Crippen LogP contribution in [-0.2, 0) is 28.4 Å². The summed E-state index contributed by atoms with van der Waals surface area (Å²) in [6.45, 7) is 0.319. The van der Waals surface area contributed by atoms with Crippen molar-refractivity contribution in [3.05, 3.63) is 90.3 Å². The minimum absolute atomic E-state index is 0.0560. The lowest BCUT2D eigenvalue weighted by Gasteiger charge is -2.04. The van der Waals surface area contributed by atoms with Crippen molar-refractivity contribution in [3.8, 4) is 0 Å². The van der Waals surface area contributed by atoms with Crippen LogP contribution in [0.2, 0.25) is 0 Å². The predicted molar refractivity (Wildman–Crippen MR) is 110 cm³/mol. The molecule has 0 fully saturated rings. The van der Waals surface area contributed by atoms with Crippen LogP contribution in [0.1, 0.15) is 11.3 Å². The summed E-state index contributed by atoms with van der Waals surface area (Å²) in [5.74, 6) is 0.361. The van der Waals surface area contributed by atoms with E-state index < -0.39 is 0 Å². The van der Waals surface area contributed by atoms with E-state index in [1.165, 1.54) is 20.3 Å². The zero-order valence-corrected chi connectivity index (χ0v) is 16.0. The van der Waals surface area contributed by atoms with Crippen LogP contribution in [0, 0.1) is 0 Å². The number of aromatic nitrogens is 3. The van der Waals surface area contributed by atoms with Crippen LogP contribution < -0.4 is 0 Å². The summed E-state index contributed by atoms with van der Waals surface area (Å²) in [6.07, 6.45) is 1.79. The lowest BCUT2D eigenvalue weighted by molar-refractivity contribution is -0.145. The normalized spacial score (nSPS) is 10.9. The molecule has 0 aliphatic rings. The smallest absolute Gasteiger partial charge is 0.328 e. The van der Waals surface area contributed by atoms with Gasteiger partial charge in [-0.1, -0.05) is 65.9 Å². The molecule has 1 heterocycles. The molecule has 0 radical (unpaired) electrons. The zero-order chi connectivity index (χ0) is 19.2. The van der Waals surface area contributed by atoms with Crippen LogP contribution in [0.4, 0.5) is 0 Å². The van der Waals surface area contributed by atoms with E-state index in [1.807, 2.05) is 42.5 Å². The van der Waals surface area contributed by atoms with E-state index in [0.29, 0.717) is 5.75 Å². The standard InChI is InChI=1S/C22H19N3O2S/c26-22(27-15-17-6-2-1-3-7-17)14-25-13-20(23-24-25)16-28-21-11-10-18-8-4-5-9-19(18)12-21/h1-13H,14-16H2. The van der Waals surface area contributed by atoms with Crippen molar-refractivity contribution in [3.63, 3.8) is 0 Å². The first-order valence-electron chi connectivity index (χ1n) is 8.96. The molecule has 28 heavy (non-hydrogen) atoms. The Morgan fingerprint density at radius 2 is 1.75 bits per heavy atom. The fraction of sp³-hybridized carbons (Fsp3) is 0.136. The minimum Gasteiger partial charge on any atom is -0.459 e. The summed E-state index contributed by atoms with van der Waals surface area (Å²) in [5, 5.41) is 10.6. The third-order valence-electron chi connectivity index (χ3n) is 4.23. The Bertz CT molecular complexity index is 1080. The van der Waals surface area contributed by atoms with Gasteiger partial charge in [-0.15, -0.1) is 16.9 Å². The van der Waals surface area contributed by atoms with E-state index in [2.05, 4.69) is 40.6 Å². The predicted octanol–water partition coefficient (Wildman–Crippen LogP) is 4.47. The Morgan fingerprint density at radius 1 is 0.964 bits per heavy atom. The Hall–Kier alpha value is -3.12. The van der Waals surface area contributed by atoms with Crippen LogP contribution in [-0.4, -0.2) is 21.0 Å². The van der Waals surface area contributed by atoms with Crippen LogP contribution in [0.15, 0.2) is 83.9 Å². The number of esters is 1. The Kier molecular flexibility index (Phi) is 5.68. The van der Waals surface area contributed by atoms with Gasteiger partial charge in [0.15, 0.2) is 0 Å². The van der Waals surface area contributed by atoms with Crippen molar-refractivity contribution in [2.75, 3.05) is 0 Å². The maximum absolute atomic E-state index is 12.0. The molecular formula is C22H19N3O2S. The fourth-order valence-corrected chi connectivity index (χ4v) is 3.63. The highest BCUT2D eigenvalue weighted by Gasteiger charge is 2.08. The number of hydrogen-bond donors (Lipinski definition) is 0. The molecule has 0 atom stereocenters. The summed E-state index contributed by atoms with van der Waals surface area (Å²) in [7, 11) is 0. The molecule has 0 N–H and O–H groups in total. The molecule has 0 amide bonds. The van der Waals surface area contributed by atoms with Gasteiger partial charge >= 0.3 is 5.97 Å². The molecule has 5 nitrogen and oxygen atoms in total. The number of thioether (sulfide) groups is 1. The molecule has 0 aliphatic carbocycles. The van der Waals surface area contributed by atoms with Crippen LogP contribution in [0.25, 0.3) is 10.8 Å². The first-order valence-corrected chi connectivity index (χ1v) is 9.95. The fourth-order valence-electron chi connectivity index (χ4n) is 2.81. The largest absolute Gasteiger partial charge is 0.459 e. The molecule has 140 valence electrons. The highest BCUT2D eigenvalue weighted by Crippen LogP contribution is 2.25. The number of carbonyl (C=O) groups is 1. The van der Waals surface area contributed by atoms with E-state index in [4.69, 9.17) is 4.74 Å². The SMILES string of the molecule is O=C(Cn1cc(CSc2ccc3ccccc3c2)nn1)OCc1ccccc1. The molecule has 1 aromatic heterocycles. The monoisotopic (exact) mass is 389 g/mol. The summed E-state index contributed by atoms with van der Waals surface area (Å²) >= 11 is 1.70. The highest BCUT2D eigenvalue weighted by molar-refractivity contribution is 7.98. The third-order valence-corrected chi connectivity index (χ3v) is 5.25. The number of rotatable bonds is 7. The van der Waals surface area contributed by atoms with E-state index in [-0.39, 0.29) is 19.1 Å². The summed E-state index contributed by atoms with van der Waals surface area (Å²) in [6, 6.07) is 24.3. The summed E-state index contributed by atoms with van der Waals surface area (Å²) in [5.41, 5.74) is 1.79. The number of nitrogens with zero attached hydrogens (tertiary/aromatic N) is 3. The Balaban J connectivity index is 1.29. The van der Waals surface area contributed by atoms with Gasteiger partial charge in [-0.25, -0.2) is 4.68 Å². The third kappa shape index (κ3) is 4.78. The molecule has 0 spiro atoms. The molecule has 0 saturated carbocycles. The van der Waals surface area contributed by atoms with Gasteiger partial charge in [-0.2, -0.15) is 0 Å². The first-order chi connectivity index (χ1) is 13.8. The molecule has 0 unspecified atom stereocenters. The quantitative estimate of drug-likeness (QED) is 0.345. The van der Waals surface area contributed by atoms with Gasteiger partial charge in [0, 0.05) is 16.8 Å². The molecule has 0 bridgehead atoms. The van der Waals surface area contributed by atoms with E-state index in [0.717, 1.165) is 11.3 Å². The second-order valence-corrected chi connectivity index (χ2v) is 7.40. The molecule has 6 heteroatoms. The average Bonchev–Trinajstić information content (AvgIpc) is 3.18. The Morgan fingerprint density at radius 3 is 2.61 bits per heavy atom. The average molecular weight is 389 g/mol. The maximum atomic E-state index is 12.0. The van der Waals surface area contributed by atoms with Gasteiger partial charge in [0.2, 0.25) is 0 Å². The molecule has 0 aliphatic heterocycles.